The molecule has 0 bridgehead atoms. The largest absolute Gasteiger partial charge is 0.238 e. The Morgan fingerprint density at radius 3 is 2.50 bits per heavy atom. The third-order valence-electron chi connectivity index (χ3n) is 1.44. The maximum atomic E-state index is 3.04. The Labute approximate surface area is 50.6 Å². The second kappa shape index (κ2) is 3.05. The highest BCUT2D eigenvalue weighted by molar-refractivity contribution is 4.69. The van der Waals surface area contributed by atoms with Crippen LogP contribution in [-0.2, 0) is 0 Å². The lowest BCUT2D eigenvalue weighted by Crippen LogP contribution is -1.90. The Morgan fingerprint density at radius 1 is 1.25 bits per heavy atom. The van der Waals surface area contributed by atoms with Crippen LogP contribution in [0.5, 0.6) is 0 Å². The van der Waals surface area contributed by atoms with Gasteiger partial charge in [-0.15, -0.1) is 0 Å². The lowest BCUT2D eigenvalue weighted by molar-refractivity contribution is 0.653. The topological polar surface area (TPSA) is 43.9 Å². The van der Waals surface area contributed by atoms with Crippen LogP contribution < -0.4 is 10.9 Å². The number of unbranched alkanes of at least 4 members (excludes halogenated alkanes) is 2. The first-order chi connectivity index (χ1) is 3.93. The normalized spacial score (nSPS) is 19.1. The van der Waals surface area contributed by atoms with Gasteiger partial charge in [-0.2, -0.15) is 0 Å². The summed E-state index contributed by atoms with van der Waals surface area (Å²) in [5.74, 6) is 0. The van der Waals surface area contributed by atoms with E-state index < -0.39 is 0 Å². The van der Waals surface area contributed by atoms with Gasteiger partial charge < -0.3 is 0 Å². The highest BCUT2D eigenvalue weighted by Crippen LogP contribution is 2.04. The Morgan fingerprint density at radius 2 is 2.00 bits per heavy atom. The molecule has 2 heteroatoms. The van der Waals surface area contributed by atoms with Gasteiger partial charge in [-0.1, -0.05) is 26.2 Å². The fourth-order valence-electron chi connectivity index (χ4n) is 0.802. The van der Waals surface area contributed by atoms with Crippen molar-refractivity contribution in [2.45, 2.75) is 38.8 Å². The van der Waals surface area contributed by atoms with Gasteiger partial charge in [-0.25, -0.2) is 10.9 Å². The number of nitrogens with one attached hydrogen (secondary N) is 2. The third-order valence-corrected chi connectivity index (χ3v) is 1.44. The van der Waals surface area contributed by atoms with Crippen LogP contribution in [0.15, 0.2) is 0 Å². The van der Waals surface area contributed by atoms with Crippen LogP contribution >= 0.6 is 0 Å². The monoisotopic (exact) mass is 114 g/mol. The first-order valence-electron chi connectivity index (χ1n) is 3.44. The van der Waals surface area contributed by atoms with Gasteiger partial charge in [0.25, 0.3) is 0 Å². The van der Waals surface area contributed by atoms with Gasteiger partial charge in [0.2, 0.25) is 0 Å². The average Bonchev–Trinajstić information content (AvgIpc) is 2.51. The van der Waals surface area contributed by atoms with Crippen LogP contribution in [0.4, 0.5) is 0 Å². The van der Waals surface area contributed by atoms with Gasteiger partial charge in [0.05, 0.1) is 6.17 Å². The average molecular weight is 114 g/mol. The molecule has 1 aliphatic rings. The smallest absolute Gasteiger partial charge is 0.0833 e. The van der Waals surface area contributed by atoms with E-state index in [0.717, 1.165) is 0 Å². The highest BCUT2D eigenvalue weighted by atomic mass is 15.6. The van der Waals surface area contributed by atoms with Gasteiger partial charge in [-0.3, -0.25) is 0 Å². The molecule has 1 heterocycles. The molecule has 1 saturated heterocycles. The number of hydrogen-bond donors (Lipinski definition) is 2. The summed E-state index contributed by atoms with van der Waals surface area (Å²) in [6.07, 6.45) is 6.02. The molecule has 8 heavy (non-hydrogen) atoms. The number of rotatable bonds is 4. The zero-order valence-electron chi connectivity index (χ0n) is 5.41. The molecular weight excluding hydrogens is 100 g/mol. The van der Waals surface area contributed by atoms with Crippen molar-refractivity contribution in [3.8, 4) is 0 Å². The number of hydrogen-bond acceptors (Lipinski definition) is 2. The van der Waals surface area contributed by atoms with E-state index in [1.54, 1.807) is 0 Å². The fraction of sp³-hybridized carbons (Fsp3) is 1.00. The van der Waals surface area contributed by atoms with E-state index in [-0.39, 0.29) is 0 Å². The van der Waals surface area contributed by atoms with Crippen molar-refractivity contribution in [1.82, 2.24) is 10.9 Å². The van der Waals surface area contributed by atoms with Crippen molar-refractivity contribution in [2.75, 3.05) is 0 Å². The summed E-state index contributed by atoms with van der Waals surface area (Å²) in [5.41, 5.74) is 6.09. The van der Waals surface area contributed by atoms with Gasteiger partial charge >= 0.3 is 0 Å². The summed E-state index contributed by atoms with van der Waals surface area (Å²) >= 11 is 0. The summed E-state index contributed by atoms with van der Waals surface area (Å²) < 4.78 is 0. The summed E-state index contributed by atoms with van der Waals surface area (Å²) in [6.45, 7) is 2.23. The van der Waals surface area contributed by atoms with Crippen molar-refractivity contribution in [3.05, 3.63) is 0 Å². The van der Waals surface area contributed by atoms with Gasteiger partial charge in [0, 0.05) is 0 Å². The van der Waals surface area contributed by atoms with E-state index >= 15 is 0 Å². The minimum absolute atomic E-state index is 0.654. The van der Waals surface area contributed by atoms with Gasteiger partial charge in [-0.05, 0) is 6.42 Å². The van der Waals surface area contributed by atoms with Crippen LogP contribution in [0.2, 0.25) is 0 Å². The third kappa shape index (κ3) is 2.28. The SMILES string of the molecule is CCCCCC1NN1. The van der Waals surface area contributed by atoms with Crippen LogP contribution in [0.3, 0.4) is 0 Å². The summed E-state index contributed by atoms with van der Waals surface area (Å²) in [4.78, 5) is 0. The van der Waals surface area contributed by atoms with E-state index in [9.17, 15) is 0 Å². The second-order valence-electron chi connectivity index (χ2n) is 2.34. The minimum Gasteiger partial charge on any atom is -0.238 e. The van der Waals surface area contributed by atoms with Crippen molar-refractivity contribution in [2.24, 2.45) is 0 Å². The molecule has 1 fully saturated rings. The molecule has 0 aromatic carbocycles. The van der Waals surface area contributed by atoms with Crippen molar-refractivity contribution < 1.29 is 0 Å². The molecule has 0 aromatic rings. The molecule has 2 N–H and O–H groups in total. The quantitative estimate of drug-likeness (QED) is 0.423. The molecule has 0 radical (unpaired) electrons. The Bertz CT molecular complexity index is 59.5. The van der Waals surface area contributed by atoms with E-state index in [4.69, 9.17) is 0 Å². The maximum Gasteiger partial charge on any atom is 0.0833 e. The summed E-state index contributed by atoms with van der Waals surface area (Å²) in [6, 6.07) is 0. The molecule has 0 amide bonds. The second-order valence-corrected chi connectivity index (χ2v) is 2.34. The lowest BCUT2D eigenvalue weighted by Gasteiger charge is -1.90. The van der Waals surface area contributed by atoms with Crippen molar-refractivity contribution >= 4 is 0 Å². The molecule has 0 spiro atoms. The molecule has 48 valence electrons. The molecule has 2 nitrogen and oxygen atoms in total. The van der Waals surface area contributed by atoms with Gasteiger partial charge in [0.15, 0.2) is 0 Å². The lowest BCUT2D eigenvalue weighted by atomic mass is 10.2. The Balaban J connectivity index is 1.74. The molecule has 0 saturated carbocycles. The predicted molar refractivity (Wildman–Crippen MR) is 34.2 cm³/mol. The molecular formula is C6H14N2. The molecule has 1 rings (SSSR count). The van der Waals surface area contributed by atoms with E-state index in [0.29, 0.717) is 6.17 Å². The maximum absolute atomic E-state index is 3.04. The Hall–Kier alpha value is -0.0800. The molecule has 0 atom stereocenters. The summed E-state index contributed by atoms with van der Waals surface area (Å²) in [7, 11) is 0. The van der Waals surface area contributed by atoms with E-state index in [1.807, 2.05) is 0 Å². The molecule has 0 aliphatic carbocycles. The van der Waals surface area contributed by atoms with Crippen LogP contribution in [-0.4, -0.2) is 6.17 Å². The van der Waals surface area contributed by atoms with E-state index in [1.165, 1.54) is 25.7 Å². The van der Waals surface area contributed by atoms with Crippen molar-refractivity contribution in [3.63, 3.8) is 0 Å². The molecule has 0 aromatic heterocycles. The zero-order chi connectivity index (χ0) is 5.82. The van der Waals surface area contributed by atoms with Gasteiger partial charge in [0.1, 0.15) is 0 Å². The first kappa shape index (κ1) is 6.05. The predicted octanol–water partition coefficient (Wildman–Crippen LogP) is 1.00. The molecule has 0 unspecified atom stereocenters. The van der Waals surface area contributed by atoms with Crippen molar-refractivity contribution in [1.29, 1.82) is 0 Å². The molecule has 1 aliphatic heterocycles. The summed E-state index contributed by atoms with van der Waals surface area (Å²) in [5, 5.41) is 0. The minimum atomic E-state index is 0.654. The zero-order valence-corrected chi connectivity index (χ0v) is 5.41. The Kier molecular flexibility index (Phi) is 2.30. The van der Waals surface area contributed by atoms with E-state index in [2.05, 4.69) is 17.8 Å². The van der Waals surface area contributed by atoms with Crippen LogP contribution in [0.1, 0.15) is 32.6 Å². The highest BCUT2D eigenvalue weighted by Gasteiger charge is 2.16. The number of hydrazine groups is 1. The van der Waals surface area contributed by atoms with Crippen LogP contribution in [0, 0.1) is 0 Å². The first-order valence-corrected chi connectivity index (χ1v) is 3.44. The standard InChI is InChI=1S/C6H14N2/c1-2-3-4-5-6-7-8-6/h6-8H,2-5H2,1H3. The van der Waals surface area contributed by atoms with Crippen LogP contribution in [0.25, 0.3) is 0 Å². The fourth-order valence-corrected chi connectivity index (χ4v) is 0.802.